The average molecular weight is 337 g/mol. The van der Waals surface area contributed by atoms with Crippen LogP contribution in [-0.4, -0.2) is 60.6 Å². The summed E-state index contributed by atoms with van der Waals surface area (Å²) in [6, 6.07) is 3.73. The molecular formula is C17H24FN3O3. The highest BCUT2D eigenvalue weighted by molar-refractivity contribution is 5.97. The number of urea groups is 1. The van der Waals surface area contributed by atoms with Gasteiger partial charge < -0.3 is 19.9 Å². The molecule has 2 rings (SSSR count). The van der Waals surface area contributed by atoms with Gasteiger partial charge in [0.2, 0.25) is 0 Å². The molecule has 1 saturated heterocycles. The molecule has 132 valence electrons. The maximum absolute atomic E-state index is 13.4. The van der Waals surface area contributed by atoms with E-state index in [0.717, 1.165) is 0 Å². The Morgan fingerprint density at radius 2 is 1.71 bits per heavy atom. The first kappa shape index (κ1) is 18.0. The highest BCUT2D eigenvalue weighted by atomic mass is 19.1. The number of amides is 3. The first-order chi connectivity index (χ1) is 11.2. The molecule has 24 heavy (non-hydrogen) atoms. The third-order valence-corrected chi connectivity index (χ3v) is 3.73. The van der Waals surface area contributed by atoms with Gasteiger partial charge in [-0.15, -0.1) is 0 Å². The first-order valence-electron chi connectivity index (χ1n) is 7.91. The molecule has 1 aliphatic rings. The number of rotatable bonds is 2. The summed E-state index contributed by atoms with van der Waals surface area (Å²) in [7, 11) is 1.44. The monoisotopic (exact) mass is 337 g/mol. The summed E-state index contributed by atoms with van der Waals surface area (Å²) in [5.74, 6) is -0.432. The Bertz CT molecular complexity index is 620. The van der Waals surface area contributed by atoms with Gasteiger partial charge in [-0.1, -0.05) is 0 Å². The molecule has 0 atom stereocenters. The molecule has 1 aromatic carbocycles. The molecule has 0 radical (unpaired) electrons. The molecule has 1 aliphatic heterocycles. The molecular weight excluding hydrogens is 313 g/mol. The molecule has 0 aromatic heterocycles. The summed E-state index contributed by atoms with van der Waals surface area (Å²) in [4.78, 5) is 28.0. The number of benzene rings is 1. The van der Waals surface area contributed by atoms with E-state index >= 15 is 0 Å². The van der Waals surface area contributed by atoms with Crippen molar-refractivity contribution in [3.63, 3.8) is 0 Å². The van der Waals surface area contributed by atoms with Crippen molar-refractivity contribution in [2.24, 2.45) is 0 Å². The number of carbonyl (C=O) groups is 2. The van der Waals surface area contributed by atoms with Crippen LogP contribution in [-0.2, 0) is 0 Å². The minimum Gasteiger partial charge on any atom is -0.496 e. The summed E-state index contributed by atoms with van der Waals surface area (Å²) < 4.78 is 18.6. The molecule has 6 nitrogen and oxygen atoms in total. The standard InChI is InChI=1S/C17H24FN3O3/c1-17(2,3)19-16(23)21-9-7-20(8-10-21)15(22)13-11-12(18)5-6-14(13)24-4/h5-6,11H,7-10H2,1-4H3,(H,19,23). The van der Waals surface area contributed by atoms with Gasteiger partial charge in [0, 0.05) is 31.7 Å². The molecule has 0 saturated carbocycles. The second-order valence-corrected chi connectivity index (χ2v) is 6.80. The van der Waals surface area contributed by atoms with Gasteiger partial charge >= 0.3 is 6.03 Å². The van der Waals surface area contributed by atoms with Crippen LogP contribution in [0.1, 0.15) is 31.1 Å². The number of piperazine rings is 1. The van der Waals surface area contributed by atoms with Crippen molar-refractivity contribution in [2.75, 3.05) is 33.3 Å². The zero-order chi connectivity index (χ0) is 17.9. The largest absolute Gasteiger partial charge is 0.496 e. The van der Waals surface area contributed by atoms with Crippen LogP contribution in [0.3, 0.4) is 0 Å². The van der Waals surface area contributed by atoms with Crippen LogP contribution in [0.4, 0.5) is 9.18 Å². The van der Waals surface area contributed by atoms with E-state index < -0.39 is 5.82 Å². The maximum Gasteiger partial charge on any atom is 0.317 e. The molecule has 0 bridgehead atoms. The van der Waals surface area contributed by atoms with Crippen LogP contribution in [0, 0.1) is 5.82 Å². The predicted octanol–water partition coefficient (Wildman–Crippen LogP) is 2.10. The molecule has 1 aromatic rings. The fourth-order valence-corrected chi connectivity index (χ4v) is 2.53. The number of hydrogen-bond acceptors (Lipinski definition) is 3. The fourth-order valence-electron chi connectivity index (χ4n) is 2.53. The van der Waals surface area contributed by atoms with Crippen molar-refractivity contribution in [3.05, 3.63) is 29.6 Å². The van der Waals surface area contributed by atoms with Gasteiger partial charge in [0.1, 0.15) is 11.6 Å². The lowest BCUT2D eigenvalue weighted by molar-refractivity contribution is 0.0657. The summed E-state index contributed by atoms with van der Waals surface area (Å²) in [6.07, 6.45) is 0. The number of nitrogens with one attached hydrogen (secondary N) is 1. The number of hydrogen-bond donors (Lipinski definition) is 1. The van der Waals surface area contributed by atoms with Crippen molar-refractivity contribution < 1.29 is 18.7 Å². The summed E-state index contributed by atoms with van der Waals surface area (Å²) in [5.41, 5.74) is -0.107. The van der Waals surface area contributed by atoms with Crippen LogP contribution >= 0.6 is 0 Å². The minimum absolute atomic E-state index is 0.141. The van der Waals surface area contributed by atoms with E-state index in [9.17, 15) is 14.0 Å². The molecule has 0 unspecified atom stereocenters. The maximum atomic E-state index is 13.4. The average Bonchev–Trinajstić information content (AvgIpc) is 2.52. The third kappa shape index (κ3) is 4.37. The van der Waals surface area contributed by atoms with Crippen molar-refractivity contribution >= 4 is 11.9 Å². The molecule has 3 amide bonds. The normalized spacial score (nSPS) is 15.2. The van der Waals surface area contributed by atoms with Crippen LogP contribution in [0.2, 0.25) is 0 Å². The van der Waals surface area contributed by atoms with E-state index in [4.69, 9.17) is 4.74 Å². The summed E-state index contributed by atoms with van der Waals surface area (Å²) >= 11 is 0. The zero-order valence-electron chi connectivity index (χ0n) is 14.6. The SMILES string of the molecule is COc1ccc(F)cc1C(=O)N1CCN(C(=O)NC(C)(C)C)CC1. The van der Waals surface area contributed by atoms with Crippen molar-refractivity contribution in [2.45, 2.75) is 26.3 Å². The number of ether oxygens (including phenoxy) is 1. The molecule has 1 N–H and O–H groups in total. The number of nitrogens with zero attached hydrogens (tertiary/aromatic N) is 2. The lowest BCUT2D eigenvalue weighted by Crippen LogP contribution is -2.56. The van der Waals surface area contributed by atoms with Crippen molar-refractivity contribution in [1.29, 1.82) is 0 Å². The van der Waals surface area contributed by atoms with Gasteiger partial charge in [-0.25, -0.2) is 9.18 Å². The van der Waals surface area contributed by atoms with Gasteiger partial charge in [-0.05, 0) is 39.0 Å². The Hall–Kier alpha value is -2.31. The van der Waals surface area contributed by atoms with E-state index in [2.05, 4.69) is 5.32 Å². The Balaban J connectivity index is 2.01. The van der Waals surface area contributed by atoms with Crippen molar-refractivity contribution in [1.82, 2.24) is 15.1 Å². The Morgan fingerprint density at radius 3 is 2.25 bits per heavy atom. The van der Waals surface area contributed by atoms with E-state index in [1.807, 2.05) is 20.8 Å². The molecule has 0 aliphatic carbocycles. The third-order valence-electron chi connectivity index (χ3n) is 3.73. The van der Waals surface area contributed by atoms with Crippen LogP contribution in [0.25, 0.3) is 0 Å². The Kier molecular flexibility index (Phi) is 5.31. The number of halogens is 1. The van der Waals surface area contributed by atoms with Gasteiger partial charge in [-0.3, -0.25) is 4.79 Å². The number of carbonyl (C=O) groups excluding carboxylic acids is 2. The highest BCUT2D eigenvalue weighted by Crippen LogP contribution is 2.22. The van der Waals surface area contributed by atoms with Gasteiger partial charge in [0.05, 0.1) is 12.7 Å². The van der Waals surface area contributed by atoms with E-state index in [-0.39, 0.29) is 23.0 Å². The van der Waals surface area contributed by atoms with Gasteiger partial charge in [0.15, 0.2) is 0 Å². The lowest BCUT2D eigenvalue weighted by Gasteiger charge is -2.36. The summed E-state index contributed by atoms with van der Waals surface area (Å²) in [5, 5.41) is 2.90. The van der Waals surface area contributed by atoms with E-state index in [0.29, 0.717) is 31.9 Å². The molecule has 1 fully saturated rings. The Morgan fingerprint density at radius 1 is 1.12 bits per heavy atom. The second-order valence-electron chi connectivity index (χ2n) is 6.80. The molecule has 7 heteroatoms. The van der Waals surface area contributed by atoms with Crippen LogP contribution < -0.4 is 10.1 Å². The summed E-state index contributed by atoms with van der Waals surface area (Å²) in [6.45, 7) is 7.42. The van der Waals surface area contributed by atoms with Crippen LogP contribution in [0.15, 0.2) is 18.2 Å². The quantitative estimate of drug-likeness (QED) is 0.899. The molecule has 1 heterocycles. The number of methoxy groups -OCH3 is 1. The van der Waals surface area contributed by atoms with Gasteiger partial charge in [-0.2, -0.15) is 0 Å². The lowest BCUT2D eigenvalue weighted by atomic mass is 10.1. The zero-order valence-corrected chi connectivity index (χ0v) is 14.6. The van der Waals surface area contributed by atoms with E-state index in [1.165, 1.54) is 25.3 Å². The van der Waals surface area contributed by atoms with Crippen molar-refractivity contribution in [3.8, 4) is 5.75 Å². The topological polar surface area (TPSA) is 61.9 Å². The smallest absolute Gasteiger partial charge is 0.317 e. The highest BCUT2D eigenvalue weighted by Gasteiger charge is 2.28. The minimum atomic E-state index is -0.484. The predicted molar refractivity (Wildman–Crippen MR) is 88.7 cm³/mol. The van der Waals surface area contributed by atoms with E-state index in [1.54, 1.807) is 9.80 Å². The van der Waals surface area contributed by atoms with Gasteiger partial charge in [0.25, 0.3) is 5.91 Å². The Labute approximate surface area is 141 Å². The fraction of sp³-hybridized carbons (Fsp3) is 0.529. The molecule has 0 spiro atoms. The first-order valence-corrected chi connectivity index (χ1v) is 7.91. The second kappa shape index (κ2) is 7.07. The van der Waals surface area contributed by atoms with Crippen LogP contribution in [0.5, 0.6) is 5.75 Å².